The van der Waals surface area contributed by atoms with Crippen LogP contribution < -0.4 is 10.1 Å². The van der Waals surface area contributed by atoms with Gasteiger partial charge in [0.2, 0.25) is 0 Å². The van der Waals surface area contributed by atoms with Gasteiger partial charge in [0.25, 0.3) is 5.91 Å². The van der Waals surface area contributed by atoms with Gasteiger partial charge >= 0.3 is 5.97 Å². The summed E-state index contributed by atoms with van der Waals surface area (Å²) in [7, 11) is 0. The molecule has 0 saturated carbocycles. The van der Waals surface area contributed by atoms with Crippen LogP contribution in [-0.4, -0.2) is 36.9 Å². The number of carbonyl (C=O) groups is 2. The minimum absolute atomic E-state index is 0.0663. The fourth-order valence-corrected chi connectivity index (χ4v) is 2.87. The number of hydrogen-bond acceptors (Lipinski definition) is 5. The van der Waals surface area contributed by atoms with Gasteiger partial charge in [0.1, 0.15) is 5.75 Å². The van der Waals surface area contributed by atoms with E-state index in [4.69, 9.17) is 9.47 Å². The van der Waals surface area contributed by atoms with Crippen molar-refractivity contribution in [2.75, 3.05) is 18.9 Å². The number of rotatable bonds is 9. The summed E-state index contributed by atoms with van der Waals surface area (Å²) in [5, 5.41) is 2.73. The van der Waals surface area contributed by atoms with Crippen molar-refractivity contribution in [3.8, 4) is 5.75 Å². The molecule has 0 atom stereocenters. The van der Waals surface area contributed by atoms with Crippen LogP contribution in [0.2, 0.25) is 0 Å². The molecule has 1 N–H and O–H groups in total. The number of amides is 1. The van der Waals surface area contributed by atoms with Crippen molar-refractivity contribution in [1.82, 2.24) is 5.32 Å². The first-order chi connectivity index (χ1) is 12.5. The van der Waals surface area contributed by atoms with Gasteiger partial charge in [-0.2, -0.15) is 0 Å². The molecule has 0 aromatic heterocycles. The molecule has 0 unspecified atom stereocenters. The molecular weight excluding hydrogens is 350 g/mol. The Kier molecular flexibility index (Phi) is 8.02. The molecule has 6 heteroatoms. The van der Waals surface area contributed by atoms with Gasteiger partial charge in [-0.15, -0.1) is 11.8 Å². The summed E-state index contributed by atoms with van der Waals surface area (Å²) in [5.41, 5.74) is 0.383. The highest BCUT2D eigenvalue weighted by atomic mass is 32.2. The highest BCUT2D eigenvalue weighted by Crippen LogP contribution is 2.16. The lowest BCUT2D eigenvalue weighted by Gasteiger charge is -2.10. The SMILES string of the molecule is CC(C)Oc1ccc(C(=O)OCC(=O)NCCSc2ccccc2)cc1. The van der Waals surface area contributed by atoms with Crippen LogP contribution in [0, 0.1) is 0 Å². The zero-order valence-electron chi connectivity index (χ0n) is 14.9. The molecule has 2 aromatic rings. The summed E-state index contributed by atoms with van der Waals surface area (Å²) in [6.07, 6.45) is 0.0663. The fraction of sp³-hybridized carbons (Fsp3) is 0.300. The second kappa shape index (κ2) is 10.5. The van der Waals surface area contributed by atoms with E-state index in [0.717, 1.165) is 10.6 Å². The maximum Gasteiger partial charge on any atom is 0.338 e. The molecule has 0 saturated heterocycles. The van der Waals surface area contributed by atoms with Crippen LogP contribution in [0.1, 0.15) is 24.2 Å². The van der Waals surface area contributed by atoms with Crippen LogP contribution in [0.5, 0.6) is 5.75 Å². The molecule has 0 spiro atoms. The van der Waals surface area contributed by atoms with E-state index in [9.17, 15) is 9.59 Å². The average molecular weight is 373 g/mol. The van der Waals surface area contributed by atoms with E-state index in [-0.39, 0.29) is 18.6 Å². The number of benzene rings is 2. The molecule has 5 nitrogen and oxygen atoms in total. The number of ether oxygens (including phenoxy) is 2. The Balaban J connectivity index is 1.65. The Morgan fingerprint density at radius 3 is 2.38 bits per heavy atom. The van der Waals surface area contributed by atoms with Gasteiger partial charge in [0, 0.05) is 17.2 Å². The van der Waals surface area contributed by atoms with Crippen molar-refractivity contribution in [2.45, 2.75) is 24.8 Å². The molecule has 0 aliphatic carbocycles. The van der Waals surface area contributed by atoms with Crippen molar-refractivity contribution < 1.29 is 19.1 Å². The van der Waals surface area contributed by atoms with Crippen molar-refractivity contribution in [3.05, 3.63) is 60.2 Å². The molecule has 0 radical (unpaired) electrons. The molecule has 2 aromatic carbocycles. The van der Waals surface area contributed by atoms with E-state index < -0.39 is 5.97 Å². The highest BCUT2D eigenvalue weighted by molar-refractivity contribution is 7.99. The predicted molar refractivity (Wildman–Crippen MR) is 103 cm³/mol. The van der Waals surface area contributed by atoms with E-state index in [1.165, 1.54) is 0 Å². The van der Waals surface area contributed by atoms with Gasteiger partial charge in [-0.25, -0.2) is 4.79 Å². The van der Waals surface area contributed by atoms with Gasteiger partial charge in [0.05, 0.1) is 11.7 Å². The second-order valence-corrected chi connectivity index (χ2v) is 6.95. The first-order valence-corrected chi connectivity index (χ1v) is 9.41. The number of hydrogen-bond donors (Lipinski definition) is 1. The summed E-state index contributed by atoms with van der Waals surface area (Å²) < 4.78 is 10.5. The van der Waals surface area contributed by atoms with E-state index in [1.54, 1.807) is 36.0 Å². The number of thioether (sulfide) groups is 1. The van der Waals surface area contributed by atoms with Crippen molar-refractivity contribution in [1.29, 1.82) is 0 Å². The molecule has 0 heterocycles. The monoisotopic (exact) mass is 373 g/mol. The number of carbonyl (C=O) groups excluding carboxylic acids is 2. The van der Waals surface area contributed by atoms with E-state index in [2.05, 4.69) is 5.32 Å². The predicted octanol–water partition coefficient (Wildman–Crippen LogP) is 3.54. The quantitative estimate of drug-likeness (QED) is 0.414. The van der Waals surface area contributed by atoms with Gasteiger partial charge in [-0.3, -0.25) is 4.79 Å². The molecule has 0 aliphatic heterocycles. The first kappa shape index (κ1) is 19.8. The molecule has 0 aliphatic rings. The Morgan fingerprint density at radius 1 is 1.04 bits per heavy atom. The first-order valence-electron chi connectivity index (χ1n) is 8.43. The maximum atomic E-state index is 12.0. The Hall–Kier alpha value is -2.47. The standard InChI is InChI=1S/C20H23NO4S/c1-15(2)25-17-10-8-16(9-11-17)20(23)24-14-19(22)21-12-13-26-18-6-4-3-5-7-18/h3-11,15H,12-14H2,1-2H3,(H,21,22). The zero-order valence-corrected chi connectivity index (χ0v) is 15.8. The minimum atomic E-state index is -0.532. The fourth-order valence-electron chi connectivity index (χ4n) is 2.08. The average Bonchev–Trinajstić information content (AvgIpc) is 2.64. The number of esters is 1. The molecule has 138 valence electrons. The lowest BCUT2D eigenvalue weighted by Crippen LogP contribution is -2.30. The van der Waals surface area contributed by atoms with Crippen LogP contribution in [0.4, 0.5) is 0 Å². The third kappa shape index (κ3) is 7.19. The lowest BCUT2D eigenvalue weighted by atomic mass is 10.2. The Labute approximate surface area is 158 Å². The summed E-state index contributed by atoms with van der Waals surface area (Å²) in [5.74, 6) is 0.591. The highest BCUT2D eigenvalue weighted by Gasteiger charge is 2.10. The molecule has 2 rings (SSSR count). The largest absolute Gasteiger partial charge is 0.491 e. The zero-order chi connectivity index (χ0) is 18.8. The summed E-state index contributed by atoms with van der Waals surface area (Å²) >= 11 is 1.65. The van der Waals surface area contributed by atoms with E-state index >= 15 is 0 Å². The van der Waals surface area contributed by atoms with E-state index in [0.29, 0.717) is 17.9 Å². The van der Waals surface area contributed by atoms with Crippen molar-refractivity contribution in [2.24, 2.45) is 0 Å². The van der Waals surface area contributed by atoms with Crippen LogP contribution in [-0.2, 0) is 9.53 Å². The summed E-state index contributed by atoms with van der Waals surface area (Å²) in [6, 6.07) is 16.6. The van der Waals surface area contributed by atoms with Gasteiger partial charge in [-0.05, 0) is 50.2 Å². The minimum Gasteiger partial charge on any atom is -0.491 e. The third-order valence-electron chi connectivity index (χ3n) is 3.23. The number of nitrogens with one attached hydrogen (secondary N) is 1. The topological polar surface area (TPSA) is 64.6 Å². The Morgan fingerprint density at radius 2 is 1.73 bits per heavy atom. The molecule has 1 amide bonds. The molecule has 0 bridgehead atoms. The van der Waals surface area contributed by atoms with Gasteiger partial charge in [-0.1, -0.05) is 18.2 Å². The third-order valence-corrected chi connectivity index (χ3v) is 4.25. The molecule has 0 fully saturated rings. The van der Waals surface area contributed by atoms with Gasteiger partial charge in [0.15, 0.2) is 6.61 Å². The van der Waals surface area contributed by atoms with Crippen LogP contribution in [0.25, 0.3) is 0 Å². The van der Waals surface area contributed by atoms with Gasteiger partial charge < -0.3 is 14.8 Å². The normalized spacial score (nSPS) is 10.4. The second-order valence-electron chi connectivity index (χ2n) is 5.78. The lowest BCUT2D eigenvalue weighted by molar-refractivity contribution is -0.124. The summed E-state index contributed by atoms with van der Waals surface area (Å²) in [4.78, 5) is 24.8. The van der Waals surface area contributed by atoms with Crippen LogP contribution >= 0.6 is 11.8 Å². The van der Waals surface area contributed by atoms with Crippen LogP contribution in [0.15, 0.2) is 59.5 Å². The smallest absolute Gasteiger partial charge is 0.338 e. The Bertz CT molecular complexity index is 702. The van der Waals surface area contributed by atoms with Crippen LogP contribution in [0.3, 0.4) is 0 Å². The van der Waals surface area contributed by atoms with E-state index in [1.807, 2.05) is 44.2 Å². The van der Waals surface area contributed by atoms with Crippen molar-refractivity contribution in [3.63, 3.8) is 0 Å². The maximum absolute atomic E-state index is 12.0. The van der Waals surface area contributed by atoms with Crippen molar-refractivity contribution >= 4 is 23.6 Å². The molecule has 26 heavy (non-hydrogen) atoms. The summed E-state index contributed by atoms with van der Waals surface area (Å²) in [6.45, 7) is 4.08. The molecular formula is C20H23NO4S.